The monoisotopic (exact) mass is 188 g/mol. The lowest BCUT2D eigenvalue weighted by Gasteiger charge is -1.91. The summed E-state index contributed by atoms with van der Waals surface area (Å²) in [6.45, 7) is 2.35. The van der Waals surface area contributed by atoms with Crippen LogP contribution in [0.4, 0.5) is 0 Å². The van der Waals surface area contributed by atoms with Crippen molar-refractivity contribution in [1.82, 2.24) is 0 Å². The van der Waals surface area contributed by atoms with E-state index in [4.69, 9.17) is 5.11 Å². The van der Waals surface area contributed by atoms with Gasteiger partial charge in [-0.25, -0.2) is 0 Å². The summed E-state index contributed by atoms with van der Waals surface area (Å²) in [5.74, 6) is 1.17. The molecule has 0 spiro atoms. The largest absolute Gasteiger partial charge is 0.391 e. The van der Waals surface area contributed by atoms with Gasteiger partial charge in [0, 0.05) is 4.88 Å². The van der Waals surface area contributed by atoms with Crippen LogP contribution < -0.4 is 0 Å². The summed E-state index contributed by atoms with van der Waals surface area (Å²) in [5.41, 5.74) is 0. The third kappa shape index (κ3) is 2.85. The van der Waals surface area contributed by atoms with E-state index in [0.29, 0.717) is 0 Å². The van der Waals surface area contributed by atoms with Gasteiger partial charge in [0.15, 0.2) is 0 Å². The van der Waals surface area contributed by atoms with Gasteiger partial charge in [-0.05, 0) is 24.3 Å². The number of rotatable bonds is 4. The van der Waals surface area contributed by atoms with Gasteiger partial charge in [-0.3, -0.25) is 0 Å². The maximum Gasteiger partial charge on any atom is 0.0774 e. The van der Waals surface area contributed by atoms with Crippen molar-refractivity contribution in [2.45, 2.75) is 24.2 Å². The van der Waals surface area contributed by atoms with Gasteiger partial charge < -0.3 is 5.11 Å². The molecule has 0 amide bonds. The fourth-order valence-corrected chi connectivity index (χ4v) is 2.69. The summed E-state index contributed by atoms with van der Waals surface area (Å²) < 4.78 is 1.32. The summed E-state index contributed by atoms with van der Waals surface area (Å²) in [6, 6.07) is 4.07. The fraction of sp³-hybridized carbons (Fsp3) is 0.500. The maximum absolute atomic E-state index is 8.78. The Labute approximate surface area is 75.4 Å². The lowest BCUT2D eigenvalue weighted by atomic mass is 10.5. The average molecular weight is 188 g/mol. The first-order valence-corrected chi connectivity index (χ1v) is 5.49. The zero-order valence-corrected chi connectivity index (χ0v) is 8.17. The number of hydrogen-bond acceptors (Lipinski definition) is 3. The molecule has 0 aliphatic rings. The highest BCUT2D eigenvalue weighted by atomic mass is 32.2. The van der Waals surface area contributed by atoms with Gasteiger partial charge in [-0.2, -0.15) is 0 Å². The minimum Gasteiger partial charge on any atom is -0.391 e. The lowest BCUT2D eigenvalue weighted by Crippen LogP contribution is -1.70. The number of hydrogen-bond donors (Lipinski definition) is 1. The molecule has 1 rings (SSSR count). The normalized spacial score (nSPS) is 10.4. The Morgan fingerprint density at radius 1 is 1.55 bits per heavy atom. The van der Waals surface area contributed by atoms with Crippen molar-refractivity contribution in [3.63, 3.8) is 0 Å². The van der Waals surface area contributed by atoms with Crippen LogP contribution in [0, 0.1) is 0 Å². The first-order chi connectivity index (χ1) is 5.36. The topological polar surface area (TPSA) is 20.2 Å². The molecule has 0 aliphatic heterocycles. The zero-order valence-electron chi connectivity index (χ0n) is 6.54. The van der Waals surface area contributed by atoms with E-state index in [-0.39, 0.29) is 6.61 Å². The zero-order chi connectivity index (χ0) is 8.10. The highest BCUT2D eigenvalue weighted by molar-refractivity contribution is 8.01. The third-order valence-electron chi connectivity index (χ3n) is 1.24. The molecule has 0 bridgehead atoms. The van der Waals surface area contributed by atoms with E-state index in [9.17, 15) is 0 Å². The van der Waals surface area contributed by atoms with Crippen molar-refractivity contribution in [3.05, 3.63) is 17.0 Å². The Bertz CT molecular complexity index is 208. The molecule has 3 heteroatoms. The van der Waals surface area contributed by atoms with Crippen LogP contribution in [0.1, 0.15) is 18.2 Å². The van der Waals surface area contributed by atoms with Crippen molar-refractivity contribution in [1.29, 1.82) is 0 Å². The van der Waals surface area contributed by atoms with Crippen LogP contribution in [0.3, 0.4) is 0 Å². The van der Waals surface area contributed by atoms with Gasteiger partial charge >= 0.3 is 0 Å². The van der Waals surface area contributed by atoms with Gasteiger partial charge in [0.05, 0.1) is 10.8 Å². The molecule has 1 heterocycles. The molecule has 1 N–H and O–H groups in total. The van der Waals surface area contributed by atoms with E-state index >= 15 is 0 Å². The van der Waals surface area contributed by atoms with Crippen LogP contribution >= 0.6 is 23.1 Å². The number of aliphatic hydroxyl groups is 1. The van der Waals surface area contributed by atoms with E-state index in [1.807, 2.05) is 17.8 Å². The second kappa shape index (κ2) is 4.80. The van der Waals surface area contributed by atoms with E-state index in [1.165, 1.54) is 16.4 Å². The molecular formula is C8H12OS2. The predicted octanol–water partition coefficient (Wildman–Crippen LogP) is 2.74. The Balaban J connectivity index is 2.44. The van der Waals surface area contributed by atoms with Crippen LogP contribution in [-0.4, -0.2) is 10.9 Å². The first kappa shape index (κ1) is 9.10. The van der Waals surface area contributed by atoms with Crippen molar-refractivity contribution >= 4 is 23.1 Å². The predicted molar refractivity (Wildman–Crippen MR) is 51.3 cm³/mol. The third-order valence-corrected chi connectivity index (χ3v) is 3.74. The number of aliphatic hydroxyl groups excluding tert-OH is 1. The molecule has 0 unspecified atom stereocenters. The smallest absolute Gasteiger partial charge is 0.0774 e. The van der Waals surface area contributed by atoms with Crippen LogP contribution in [0.15, 0.2) is 16.3 Å². The second-order valence-corrected chi connectivity index (χ2v) is 4.79. The van der Waals surface area contributed by atoms with Gasteiger partial charge in [0.25, 0.3) is 0 Å². The molecule has 0 saturated heterocycles. The number of thioether (sulfide) groups is 1. The summed E-state index contributed by atoms with van der Waals surface area (Å²) >= 11 is 3.55. The Hall–Kier alpha value is 0.01000. The van der Waals surface area contributed by atoms with Crippen molar-refractivity contribution < 1.29 is 5.11 Å². The lowest BCUT2D eigenvalue weighted by molar-refractivity contribution is 0.285. The van der Waals surface area contributed by atoms with E-state index < -0.39 is 0 Å². The molecule has 62 valence electrons. The van der Waals surface area contributed by atoms with E-state index in [1.54, 1.807) is 11.3 Å². The van der Waals surface area contributed by atoms with Crippen LogP contribution in [0.5, 0.6) is 0 Å². The van der Waals surface area contributed by atoms with Crippen LogP contribution in [0.25, 0.3) is 0 Å². The molecule has 1 aromatic rings. The fourth-order valence-electron chi connectivity index (χ4n) is 0.723. The molecule has 1 nitrogen and oxygen atoms in total. The summed E-state index contributed by atoms with van der Waals surface area (Å²) in [5, 5.41) is 8.78. The van der Waals surface area contributed by atoms with Crippen molar-refractivity contribution in [3.8, 4) is 0 Å². The quantitative estimate of drug-likeness (QED) is 0.733. The van der Waals surface area contributed by atoms with E-state index in [2.05, 4.69) is 13.0 Å². The molecular weight excluding hydrogens is 176 g/mol. The second-order valence-electron chi connectivity index (χ2n) is 2.23. The molecule has 0 fully saturated rings. The van der Waals surface area contributed by atoms with Crippen LogP contribution in [-0.2, 0) is 6.61 Å². The highest BCUT2D eigenvalue weighted by Gasteiger charge is 1.97. The van der Waals surface area contributed by atoms with Crippen molar-refractivity contribution in [2.24, 2.45) is 0 Å². The maximum atomic E-state index is 8.78. The summed E-state index contributed by atoms with van der Waals surface area (Å²) in [4.78, 5) is 1.06. The van der Waals surface area contributed by atoms with Gasteiger partial charge in [-0.1, -0.05) is 6.92 Å². The Morgan fingerprint density at radius 3 is 2.91 bits per heavy atom. The Morgan fingerprint density at radius 2 is 2.36 bits per heavy atom. The van der Waals surface area contributed by atoms with Gasteiger partial charge in [0.1, 0.15) is 0 Å². The minimum absolute atomic E-state index is 0.178. The Kier molecular flexibility index (Phi) is 3.97. The molecule has 0 aromatic carbocycles. The molecule has 0 radical (unpaired) electrons. The first-order valence-electron chi connectivity index (χ1n) is 3.69. The number of thiophene rings is 1. The van der Waals surface area contributed by atoms with Gasteiger partial charge in [0.2, 0.25) is 0 Å². The molecule has 0 saturated carbocycles. The van der Waals surface area contributed by atoms with Gasteiger partial charge in [-0.15, -0.1) is 23.1 Å². The van der Waals surface area contributed by atoms with Crippen LogP contribution in [0.2, 0.25) is 0 Å². The molecule has 0 atom stereocenters. The van der Waals surface area contributed by atoms with E-state index in [0.717, 1.165) is 4.88 Å². The molecule has 1 aromatic heterocycles. The summed E-state index contributed by atoms with van der Waals surface area (Å²) in [7, 11) is 0. The average Bonchev–Trinajstić information content (AvgIpc) is 2.48. The highest BCUT2D eigenvalue weighted by Crippen LogP contribution is 2.27. The van der Waals surface area contributed by atoms with Crippen molar-refractivity contribution in [2.75, 3.05) is 5.75 Å². The summed E-state index contributed by atoms with van der Waals surface area (Å²) in [6.07, 6.45) is 1.21. The standard InChI is InChI=1S/C8H12OS2/c1-2-5-10-8-4-3-7(6-9)11-8/h3-4,9H,2,5-6H2,1H3. The molecule has 11 heavy (non-hydrogen) atoms. The molecule has 0 aliphatic carbocycles. The SMILES string of the molecule is CCCSc1ccc(CO)s1. The minimum atomic E-state index is 0.178.